The topological polar surface area (TPSA) is 93.5 Å². The molecule has 0 saturated carbocycles. The van der Waals surface area contributed by atoms with E-state index in [-0.39, 0.29) is 30.3 Å². The number of aromatic nitrogens is 4. The Morgan fingerprint density at radius 2 is 1.61 bits per heavy atom. The van der Waals surface area contributed by atoms with Gasteiger partial charge in [-0.3, -0.25) is 14.5 Å². The monoisotopic (exact) mass is 442 g/mol. The first-order valence-corrected chi connectivity index (χ1v) is 10.7. The van der Waals surface area contributed by atoms with Gasteiger partial charge in [-0.25, -0.2) is 14.6 Å². The van der Waals surface area contributed by atoms with E-state index in [0.29, 0.717) is 36.0 Å². The molecule has 33 heavy (non-hydrogen) atoms. The molecular formula is C24H22N6O3. The maximum atomic E-state index is 13.4. The Morgan fingerprint density at radius 3 is 2.36 bits per heavy atom. The van der Waals surface area contributed by atoms with Gasteiger partial charge in [0.2, 0.25) is 0 Å². The van der Waals surface area contributed by atoms with E-state index in [9.17, 15) is 9.59 Å². The molecule has 0 atom stereocenters. The molecule has 0 aliphatic carbocycles. The lowest BCUT2D eigenvalue weighted by Gasteiger charge is -2.33. The standard InChI is InChI=1S/C24H22N6O3/c1-28-13-14-29(23-22(28)25-18-9-5-6-10-19(18)26-23)24(32)20-11-12-21(31)30(27-20)15-16-33-17-7-3-2-4-8-17/h2-12H,13-16H2,1H3. The summed E-state index contributed by atoms with van der Waals surface area (Å²) in [7, 11) is 1.93. The van der Waals surface area contributed by atoms with Crippen LogP contribution >= 0.6 is 0 Å². The molecule has 0 unspecified atom stereocenters. The number of hydrogen-bond acceptors (Lipinski definition) is 7. The molecule has 9 nitrogen and oxygen atoms in total. The molecule has 1 aliphatic rings. The molecule has 1 aliphatic heterocycles. The van der Waals surface area contributed by atoms with Crippen molar-refractivity contribution in [1.82, 2.24) is 19.7 Å². The van der Waals surface area contributed by atoms with Gasteiger partial charge in [-0.05, 0) is 30.3 Å². The van der Waals surface area contributed by atoms with E-state index >= 15 is 0 Å². The molecule has 166 valence electrons. The molecule has 9 heteroatoms. The van der Waals surface area contributed by atoms with Gasteiger partial charge in [0.05, 0.1) is 17.6 Å². The molecule has 0 saturated heterocycles. The van der Waals surface area contributed by atoms with Crippen LogP contribution in [0, 0.1) is 0 Å². The second-order valence-electron chi connectivity index (χ2n) is 7.68. The Balaban J connectivity index is 1.41. The predicted octanol–water partition coefficient (Wildman–Crippen LogP) is 2.36. The second kappa shape index (κ2) is 8.70. The number of anilines is 2. The van der Waals surface area contributed by atoms with Crippen LogP contribution < -0.4 is 20.1 Å². The van der Waals surface area contributed by atoms with Crippen LogP contribution in [0.2, 0.25) is 0 Å². The molecule has 2 aromatic carbocycles. The molecule has 0 N–H and O–H groups in total. The summed E-state index contributed by atoms with van der Waals surface area (Å²) in [6, 6.07) is 19.7. The quantitative estimate of drug-likeness (QED) is 0.468. The number of hydrogen-bond donors (Lipinski definition) is 0. The van der Waals surface area contributed by atoms with Crippen LogP contribution in [0.15, 0.2) is 71.5 Å². The van der Waals surface area contributed by atoms with Crippen LogP contribution in [0.25, 0.3) is 11.0 Å². The van der Waals surface area contributed by atoms with Crippen LogP contribution in [0.4, 0.5) is 11.6 Å². The Morgan fingerprint density at radius 1 is 0.909 bits per heavy atom. The third-order valence-corrected chi connectivity index (χ3v) is 5.46. The van der Waals surface area contributed by atoms with Gasteiger partial charge < -0.3 is 9.64 Å². The molecule has 0 fully saturated rings. The van der Waals surface area contributed by atoms with E-state index in [1.807, 2.05) is 66.5 Å². The van der Waals surface area contributed by atoms with Gasteiger partial charge in [-0.15, -0.1) is 0 Å². The highest BCUT2D eigenvalue weighted by Crippen LogP contribution is 2.31. The summed E-state index contributed by atoms with van der Waals surface area (Å²) in [6.45, 7) is 1.52. The molecule has 2 aromatic heterocycles. The van der Waals surface area contributed by atoms with E-state index in [1.54, 1.807) is 4.90 Å². The second-order valence-corrected chi connectivity index (χ2v) is 7.68. The number of carbonyl (C=O) groups is 1. The van der Waals surface area contributed by atoms with Gasteiger partial charge in [0.25, 0.3) is 11.5 Å². The zero-order valence-corrected chi connectivity index (χ0v) is 18.1. The Labute approximate surface area is 189 Å². The summed E-state index contributed by atoms with van der Waals surface area (Å²) in [5.74, 6) is 1.50. The number of ether oxygens (including phenoxy) is 1. The van der Waals surface area contributed by atoms with Gasteiger partial charge in [0.1, 0.15) is 18.1 Å². The fourth-order valence-corrected chi connectivity index (χ4v) is 3.71. The number of benzene rings is 2. The molecule has 1 amide bonds. The minimum atomic E-state index is -0.327. The summed E-state index contributed by atoms with van der Waals surface area (Å²) in [6.07, 6.45) is 0. The third kappa shape index (κ3) is 4.12. The van der Waals surface area contributed by atoms with Gasteiger partial charge in [-0.2, -0.15) is 5.10 Å². The van der Waals surface area contributed by atoms with E-state index in [4.69, 9.17) is 14.7 Å². The van der Waals surface area contributed by atoms with Crippen LogP contribution in [0.5, 0.6) is 5.75 Å². The molecule has 0 radical (unpaired) electrons. The number of fused-ring (bicyclic) bond motifs is 2. The number of nitrogens with zero attached hydrogens (tertiary/aromatic N) is 6. The fraction of sp³-hybridized carbons (Fsp3) is 0.208. The first kappa shape index (κ1) is 20.6. The van der Waals surface area contributed by atoms with E-state index in [1.165, 1.54) is 16.8 Å². The molecule has 4 aromatic rings. The Hall–Kier alpha value is -4.27. The summed E-state index contributed by atoms with van der Waals surface area (Å²) in [5.41, 5.74) is 1.34. The zero-order chi connectivity index (χ0) is 22.8. The van der Waals surface area contributed by atoms with Crippen molar-refractivity contribution in [3.8, 4) is 5.75 Å². The average Bonchev–Trinajstić information content (AvgIpc) is 2.85. The van der Waals surface area contributed by atoms with Crippen molar-refractivity contribution in [2.24, 2.45) is 0 Å². The van der Waals surface area contributed by atoms with Gasteiger partial charge in [-0.1, -0.05) is 30.3 Å². The molecule has 3 heterocycles. The largest absolute Gasteiger partial charge is 0.492 e. The molecule has 0 spiro atoms. The van der Waals surface area contributed by atoms with Crippen LogP contribution in [0.3, 0.4) is 0 Å². The number of amides is 1. The lowest BCUT2D eigenvalue weighted by molar-refractivity contribution is 0.0978. The van der Waals surface area contributed by atoms with Crippen molar-refractivity contribution in [2.45, 2.75) is 6.54 Å². The lowest BCUT2D eigenvalue weighted by Crippen LogP contribution is -2.44. The Kier molecular flexibility index (Phi) is 5.43. The zero-order valence-electron chi connectivity index (χ0n) is 18.1. The molecule has 5 rings (SSSR count). The molecular weight excluding hydrogens is 420 g/mol. The first-order chi connectivity index (χ1) is 16.1. The van der Waals surface area contributed by atoms with Gasteiger partial charge in [0.15, 0.2) is 11.6 Å². The maximum Gasteiger partial charge on any atom is 0.280 e. The normalized spacial score (nSPS) is 13.1. The Bertz CT molecular complexity index is 1370. The van der Waals surface area contributed by atoms with Crippen molar-refractivity contribution in [3.63, 3.8) is 0 Å². The summed E-state index contributed by atoms with van der Waals surface area (Å²) in [5, 5.41) is 4.30. The van der Waals surface area contributed by atoms with Crippen molar-refractivity contribution in [1.29, 1.82) is 0 Å². The minimum absolute atomic E-state index is 0.166. The number of likely N-dealkylation sites (N-methyl/N-ethyl adjacent to an activating group) is 1. The summed E-state index contributed by atoms with van der Waals surface area (Å²) >= 11 is 0. The first-order valence-electron chi connectivity index (χ1n) is 10.7. The fourth-order valence-electron chi connectivity index (χ4n) is 3.71. The van der Waals surface area contributed by atoms with Crippen molar-refractivity contribution in [3.05, 3.63) is 82.8 Å². The number of para-hydroxylation sites is 3. The van der Waals surface area contributed by atoms with Crippen LogP contribution in [-0.4, -0.2) is 52.4 Å². The minimum Gasteiger partial charge on any atom is -0.492 e. The summed E-state index contributed by atoms with van der Waals surface area (Å²) < 4.78 is 6.91. The van der Waals surface area contributed by atoms with Crippen molar-refractivity contribution < 1.29 is 9.53 Å². The van der Waals surface area contributed by atoms with E-state index in [2.05, 4.69) is 5.10 Å². The van der Waals surface area contributed by atoms with Crippen LogP contribution in [0.1, 0.15) is 10.5 Å². The number of rotatable bonds is 5. The third-order valence-electron chi connectivity index (χ3n) is 5.46. The van der Waals surface area contributed by atoms with Crippen LogP contribution in [-0.2, 0) is 6.54 Å². The van der Waals surface area contributed by atoms with Gasteiger partial charge in [0, 0.05) is 26.2 Å². The SMILES string of the molecule is CN1CCN(C(=O)c2ccc(=O)n(CCOc3ccccc3)n2)c2nc3ccccc3nc21. The highest BCUT2D eigenvalue weighted by molar-refractivity contribution is 6.06. The van der Waals surface area contributed by atoms with Crippen molar-refractivity contribution >= 4 is 28.6 Å². The lowest BCUT2D eigenvalue weighted by atomic mass is 10.2. The van der Waals surface area contributed by atoms with Crippen molar-refractivity contribution in [2.75, 3.05) is 36.5 Å². The smallest absolute Gasteiger partial charge is 0.280 e. The van der Waals surface area contributed by atoms with E-state index < -0.39 is 0 Å². The predicted molar refractivity (Wildman–Crippen MR) is 125 cm³/mol. The molecule has 0 bridgehead atoms. The highest BCUT2D eigenvalue weighted by Gasteiger charge is 2.30. The average molecular weight is 442 g/mol. The number of carbonyl (C=O) groups excluding carboxylic acids is 1. The maximum absolute atomic E-state index is 13.4. The van der Waals surface area contributed by atoms with Gasteiger partial charge >= 0.3 is 0 Å². The summed E-state index contributed by atoms with van der Waals surface area (Å²) in [4.78, 5) is 38.6. The van der Waals surface area contributed by atoms with E-state index in [0.717, 1.165) is 5.52 Å². The highest BCUT2D eigenvalue weighted by atomic mass is 16.5.